The summed E-state index contributed by atoms with van der Waals surface area (Å²) in [5, 5.41) is 11.7. The van der Waals surface area contributed by atoms with Gasteiger partial charge in [-0.3, -0.25) is 4.90 Å². The van der Waals surface area contributed by atoms with E-state index in [2.05, 4.69) is 27.3 Å². The molecule has 1 saturated heterocycles. The summed E-state index contributed by atoms with van der Waals surface area (Å²) >= 11 is 5.81. The zero-order chi connectivity index (χ0) is 29.5. The Hall–Kier alpha value is -2.80. The molecule has 6 rings (SSSR count). The lowest BCUT2D eigenvalue weighted by Gasteiger charge is -2.39. The van der Waals surface area contributed by atoms with E-state index in [1.807, 2.05) is 23.1 Å². The quantitative estimate of drug-likeness (QED) is 0.371. The Morgan fingerprint density at radius 3 is 2.55 bits per heavy atom. The lowest BCUT2D eigenvalue weighted by atomic mass is 9.80. The fraction of sp³-hybridized carbons (Fsp3) is 0.562. The maximum atomic E-state index is 13.7. The van der Waals surface area contributed by atoms with Crippen molar-refractivity contribution in [1.29, 1.82) is 5.26 Å². The first-order chi connectivity index (χ1) is 20.1. The largest absolute Gasteiger partial charge is 0.417 e. The van der Waals surface area contributed by atoms with Crippen LogP contribution in [0.2, 0.25) is 5.02 Å². The maximum Gasteiger partial charge on any atom is 0.417 e. The number of anilines is 1. The SMILES string of the molecule is N#Cc1cccc([C@]23CC[C@@H](N(CCN4CCN(CC5CC5)CC4)C(=O)Nc4ccc(Cl)c(C(F)(F)F)c4)C[C@H]2C3)c1. The zero-order valence-electron chi connectivity index (χ0n) is 23.7. The molecule has 4 fully saturated rings. The number of hydrogen-bond acceptors (Lipinski definition) is 4. The molecule has 3 atom stereocenters. The first kappa shape index (κ1) is 29.3. The van der Waals surface area contributed by atoms with Gasteiger partial charge in [-0.2, -0.15) is 18.4 Å². The van der Waals surface area contributed by atoms with Crippen molar-refractivity contribution in [3.63, 3.8) is 0 Å². The van der Waals surface area contributed by atoms with E-state index in [4.69, 9.17) is 11.6 Å². The standard InChI is InChI=1S/C32H37ClF3N5O/c33-29-7-6-26(18-28(29)32(34,35)36)38-30(42)41(15-14-39-10-12-40(13-11-39)21-22-4-5-22)27-8-9-31(19-25(31)17-27)24-3-1-2-23(16-24)20-37/h1-3,6-7,16,18,22,25,27H,4-5,8-15,17,19,21H2,(H,38,42)/t25-,27+,31+/m0/s1. The van der Waals surface area contributed by atoms with Crippen LogP contribution in [-0.2, 0) is 11.6 Å². The van der Waals surface area contributed by atoms with Crippen LogP contribution in [0.4, 0.5) is 23.7 Å². The molecule has 0 spiro atoms. The third kappa shape index (κ3) is 6.41. The summed E-state index contributed by atoms with van der Waals surface area (Å²) in [5.74, 6) is 1.28. The van der Waals surface area contributed by atoms with Crippen molar-refractivity contribution in [2.24, 2.45) is 11.8 Å². The second-order valence-electron chi connectivity index (χ2n) is 12.6. The molecular weight excluding hydrogens is 563 g/mol. The highest BCUT2D eigenvalue weighted by Crippen LogP contribution is 2.63. The minimum Gasteiger partial charge on any atom is -0.320 e. The van der Waals surface area contributed by atoms with E-state index in [1.165, 1.54) is 37.1 Å². The summed E-state index contributed by atoms with van der Waals surface area (Å²) < 4.78 is 40.4. The fourth-order valence-corrected chi connectivity index (χ4v) is 7.35. The van der Waals surface area contributed by atoms with Gasteiger partial charge in [0.05, 0.1) is 22.2 Å². The third-order valence-corrected chi connectivity index (χ3v) is 10.2. The lowest BCUT2D eigenvalue weighted by Crippen LogP contribution is -2.52. The van der Waals surface area contributed by atoms with Gasteiger partial charge in [0.1, 0.15) is 0 Å². The fourth-order valence-electron chi connectivity index (χ4n) is 7.12. The number of urea groups is 1. The van der Waals surface area contributed by atoms with Crippen LogP contribution < -0.4 is 5.32 Å². The van der Waals surface area contributed by atoms with E-state index >= 15 is 0 Å². The number of alkyl halides is 3. The van der Waals surface area contributed by atoms with Crippen LogP contribution in [0.3, 0.4) is 0 Å². The van der Waals surface area contributed by atoms with Gasteiger partial charge in [-0.05, 0) is 91.7 Å². The van der Waals surface area contributed by atoms with Crippen LogP contribution in [0, 0.1) is 23.2 Å². The molecule has 0 radical (unpaired) electrons. The van der Waals surface area contributed by atoms with Gasteiger partial charge < -0.3 is 15.1 Å². The minimum atomic E-state index is -4.61. The number of benzene rings is 2. The van der Waals surface area contributed by atoms with Gasteiger partial charge >= 0.3 is 12.2 Å². The van der Waals surface area contributed by atoms with E-state index in [0.29, 0.717) is 18.0 Å². The van der Waals surface area contributed by atoms with Crippen LogP contribution in [0.5, 0.6) is 0 Å². The molecule has 0 unspecified atom stereocenters. The second-order valence-corrected chi connectivity index (χ2v) is 13.0. The van der Waals surface area contributed by atoms with Gasteiger partial charge in [-0.25, -0.2) is 4.79 Å². The Kier molecular flexibility index (Phi) is 8.16. The van der Waals surface area contributed by atoms with Gasteiger partial charge in [-0.15, -0.1) is 0 Å². The Bertz CT molecular complexity index is 1350. The maximum absolute atomic E-state index is 13.7. The molecule has 0 bridgehead atoms. The molecule has 1 heterocycles. The molecular formula is C32H37ClF3N5O. The Labute approximate surface area is 250 Å². The number of nitrogens with zero attached hydrogens (tertiary/aromatic N) is 4. The topological polar surface area (TPSA) is 62.6 Å². The third-order valence-electron chi connectivity index (χ3n) is 9.84. The second kappa shape index (κ2) is 11.7. The Morgan fingerprint density at radius 2 is 1.86 bits per heavy atom. The number of nitriles is 1. The molecule has 0 aromatic heterocycles. The predicted octanol–water partition coefficient (Wildman–Crippen LogP) is 6.60. The summed E-state index contributed by atoms with van der Waals surface area (Å²) in [7, 11) is 0. The van der Waals surface area contributed by atoms with Gasteiger partial charge in [0.15, 0.2) is 0 Å². The average Bonchev–Trinajstić information content (AvgIpc) is 3.90. The van der Waals surface area contributed by atoms with Crippen molar-refractivity contribution in [3.05, 3.63) is 64.2 Å². The number of carbonyl (C=O) groups excluding carboxylic acids is 1. The smallest absolute Gasteiger partial charge is 0.320 e. The van der Waals surface area contributed by atoms with Crippen LogP contribution in [0.15, 0.2) is 42.5 Å². The van der Waals surface area contributed by atoms with E-state index < -0.39 is 16.8 Å². The summed E-state index contributed by atoms with van der Waals surface area (Å²) in [4.78, 5) is 20.5. The zero-order valence-corrected chi connectivity index (χ0v) is 24.4. The average molecular weight is 600 g/mol. The molecule has 3 aliphatic carbocycles. The Balaban J connectivity index is 1.14. The van der Waals surface area contributed by atoms with Crippen molar-refractivity contribution in [3.8, 4) is 6.07 Å². The number of hydrogen-bond donors (Lipinski definition) is 1. The van der Waals surface area contributed by atoms with Crippen molar-refractivity contribution in [2.75, 3.05) is 51.1 Å². The number of halogens is 4. The number of rotatable bonds is 8. The van der Waals surface area contributed by atoms with E-state index in [9.17, 15) is 23.2 Å². The van der Waals surface area contributed by atoms with Gasteiger partial charge in [-0.1, -0.05) is 23.7 Å². The molecule has 3 saturated carbocycles. The molecule has 4 aliphatic rings. The van der Waals surface area contributed by atoms with Crippen molar-refractivity contribution >= 4 is 23.3 Å². The van der Waals surface area contributed by atoms with E-state index in [1.54, 1.807) is 0 Å². The van der Waals surface area contributed by atoms with Crippen LogP contribution in [0.1, 0.15) is 55.2 Å². The molecule has 1 N–H and O–H groups in total. The predicted molar refractivity (Wildman–Crippen MR) is 156 cm³/mol. The van der Waals surface area contributed by atoms with Crippen LogP contribution >= 0.6 is 11.6 Å². The normalized spacial score (nSPS) is 26.3. The molecule has 2 aromatic rings. The highest BCUT2D eigenvalue weighted by Gasteiger charge is 2.58. The van der Waals surface area contributed by atoms with Gasteiger partial charge in [0, 0.05) is 57.5 Å². The van der Waals surface area contributed by atoms with Crippen molar-refractivity contribution < 1.29 is 18.0 Å². The number of amides is 2. The van der Waals surface area contributed by atoms with Crippen molar-refractivity contribution in [2.45, 2.75) is 56.2 Å². The highest BCUT2D eigenvalue weighted by molar-refractivity contribution is 6.31. The monoisotopic (exact) mass is 599 g/mol. The molecule has 2 aromatic carbocycles. The lowest BCUT2D eigenvalue weighted by molar-refractivity contribution is -0.137. The first-order valence-electron chi connectivity index (χ1n) is 15.0. The first-order valence-corrected chi connectivity index (χ1v) is 15.4. The Morgan fingerprint density at radius 1 is 1.10 bits per heavy atom. The van der Waals surface area contributed by atoms with E-state index in [0.717, 1.165) is 70.4 Å². The number of carbonyl (C=O) groups is 1. The van der Waals surface area contributed by atoms with Crippen LogP contribution in [0.25, 0.3) is 0 Å². The number of piperazine rings is 1. The molecule has 2 amide bonds. The summed E-state index contributed by atoms with van der Waals surface area (Å²) in [6.07, 6.45) is 1.67. The van der Waals surface area contributed by atoms with Gasteiger partial charge in [0.2, 0.25) is 0 Å². The van der Waals surface area contributed by atoms with Gasteiger partial charge in [0.25, 0.3) is 0 Å². The van der Waals surface area contributed by atoms with Crippen LogP contribution in [-0.4, -0.2) is 72.6 Å². The number of nitrogens with one attached hydrogen (secondary N) is 1. The van der Waals surface area contributed by atoms with Crippen molar-refractivity contribution in [1.82, 2.24) is 14.7 Å². The summed E-state index contributed by atoms with van der Waals surface area (Å²) in [6, 6.07) is 13.2. The summed E-state index contributed by atoms with van der Waals surface area (Å²) in [5.41, 5.74) is 1.04. The molecule has 1 aliphatic heterocycles. The highest BCUT2D eigenvalue weighted by atomic mass is 35.5. The molecule has 6 nitrogen and oxygen atoms in total. The molecule has 42 heavy (non-hydrogen) atoms. The number of fused-ring (bicyclic) bond motifs is 1. The summed E-state index contributed by atoms with van der Waals surface area (Å²) in [6.45, 7) is 6.41. The minimum absolute atomic E-state index is 0.00434. The molecule has 10 heteroatoms. The van der Waals surface area contributed by atoms with E-state index in [-0.39, 0.29) is 23.2 Å². The molecule has 224 valence electrons.